The highest BCUT2D eigenvalue weighted by Gasteiger charge is 2.23. The molecule has 0 aliphatic carbocycles. The molecule has 0 saturated carbocycles. The van der Waals surface area contributed by atoms with Crippen LogP contribution in [-0.2, 0) is 6.42 Å². The number of nitrogens with zero attached hydrogens (tertiary/aromatic N) is 4. The van der Waals surface area contributed by atoms with E-state index in [1.54, 1.807) is 0 Å². The smallest absolute Gasteiger partial charge is 0.157 e. The van der Waals surface area contributed by atoms with E-state index in [-0.39, 0.29) is 0 Å². The summed E-state index contributed by atoms with van der Waals surface area (Å²) >= 11 is 0. The maximum absolute atomic E-state index is 4.72. The lowest BCUT2D eigenvalue weighted by atomic mass is 10.0. The van der Waals surface area contributed by atoms with Crippen LogP contribution in [0.3, 0.4) is 0 Å². The summed E-state index contributed by atoms with van der Waals surface area (Å²) in [5.74, 6) is 1.15. The zero-order chi connectivity index (χ0) is 16.4. The van der Waals surface area contributed by atoms with Crippen LogP contribution >= 0.6 is 0 Å². The van der Waals surface area contributed by atoms with Crippen molar-refractivity contribution in [3.8, 4) is 0 Å². The van der Waals surface area contributed by atoms with Gasteiger partial charge in [0.15, 0.2) is 5.65 Å². The van der Waals surface area contributed by atoms with E-state index in [1.807, 2.05) is 16.8 Å². The molecular formula is C19H23N5. The van der Waals surface area contributed by atoms with E-state index in [0.29, 0.717) is 6.04 Å². The largest absolute Gasteiger partial charge is 0.353 e. The van der Waals surface area contributed by atoms with Crippen LogP contribution in [0, 0.1) is 0 Å². The van der Waals surface area contributed by atoms with Crippen LogP contribution in [0.4, 0.5) is 5.82 Å². The van der Waals surface area contributed by atoms with Crippen LogP contribution in [0.25, 0.3) is 5.65 Å². The third kappa shape index (κ3) is 2.87. The number of nitrogens with one attached hydrogen (secondary N) is 1. The van der Waals surface area contributed by atoms with Gasteiger partial charge in [0.25, 0.3) is 0 Å². The van der Waals surface area contributed by atoms with E-state index in [2.05, 4.69) is 58.6 Å². The number of aryl methyl sites for hydroxylation is 1. The highest BCUT2D eigenvalue weighted by Crippen LogP contribution is 2.24. The van der Waals surface area contributed by atoms with Gasteiger partial charge >= 0.3 is 0 Å². The van der Waals surface area contributed by atoms with Gasteiger partial charge in [-0.3, -0.25) is 0 Å². The highest BCUT2D eigenvalue weighted by molar-refractivity contribution is 5.51. The van der Waals surface area contributed by atoms with Crippen LogP contribution in [-0.4, -0.2) is 34.2 Å². The number of piperazine rings is 1. The summed E-state index contributed by atoms with van der Waals surface area (Å²) in [5.41, 5.74) is 3.42. The van der Waals surface area contributed by atoms with E-state index in [0.717, 1.165) is 49.6 Å². The number of fused-ring (bicyclic) bond motifs is 1. The molecular weight excluding hydrogens is 298 g/mol. The SMILES string of the molecule is CCCc1cc(N2CCN[C@@H](c3ccccc3)C2)n2nccc2n1. The van der Waals surface area contributed by atoms with Crippen molar-refractivity contribution in [1.82, 2.24) is 19.9 Å². The van der Waals surface area contributed by atoms with Crippen LogP contribution in [0.5, 0.6) is 0 Å². The molecule has 1 N–H and O–H groups in total. The number of aromatic nitrogens is 3. The zero-order valence-electron chi connectivity index (χ0n) is 14.0. The summed E-state index contributed by atoms with van der Waals surface area (Å²) in [4.78, 5) is 7.14. The quantitative estimate of drug-likeness (QED) is 0.802. The second-order valence-corrected chi connectivity index (χ2v) is 6.32. The third-order valence-electron chi connectivity index (χ3n) is 4.60. The number of hydrogen-bond acceptors (Lipinski definition) is 4. The van der Waals surface area contributed by atoms with Gasteiger partial charge < -0.3 is 10.2 Å². The van der Waals surface area contributed by atoms with Crippen LogP contribution in [0.15, 0.2) is 48.7 Å². The van der Waals surface area contributed by atoms with E-state index in [4.69, 9.17) is 4.98 Å². The van der Waals surface area contributed by atoms with Crippen molar-refractivity contribution in [1.29, 1.82) is 0 Å². The summed E-state index contributed by atoms with van der Waals surface area (Å²) in [7, 11) is 0. The summed E-state index contributed by atoms with van der Waals surface area (Å²) in [6, 6.07) is 15.2. The third-order valence-corrected chi connectivity index (χ3v) is 4.60. The predicted molar refractivity (Wildman–Crippen MR) is 96.4 cm³/mol. The molecule has 5 heteroatoms. The Labute approximate surface area is 142 Å². The summed E-state index contributed by atoms with van der Waals surface area (Å²) in [6.45, 7) is 5.08. The molecule has 124 valence electrons. The summed E-state index contributed by atoms with van der Waals surface area (Å²) in [6.07, 6.45) is 3.94. The first-order valence-corrected chi connectivity index (χ1v) is 8.72. The van der Waals surface area contributed by atoms with Crippen molar-refractivity contribution in [3.05, 3.63) is 59.9 Å². The molecule has 1 aliphatic heterocycles. The molecule has 1 atom stereocenters. The normalized spacial score (nSPS) is 18.2. The van der Waals surface area contributed by atoms with E-state index < -0.39 is 0 Å². The molecule has 4 rings (SSSR count). The molecule has 3 heterocycles. The average Bonchev–Trinajstić information content (AvgIpc) is 3.11. The lowest BCUT2D eigenvalue weighted by Crippen LogP contribution is -2.46. The van der Waals surface area contributed by atoms with E-state index >= 15 is 0 Å². The van der Waals surface area contributed by atoms with Gasteiger partial charge in [0.05, 0.1) is 6.20 Å². The maximum atomic E-state index is 4.72. The fourth-order valence-corrected chi connectivity index (χ4v) is 3.42. The molecule has 2 aromatic heterocycles. The Bertz CT molecular complexity index is 811. The monoisotopic (exact) mass is 321 g/mol. The van der Waals surface area contributed by atoms with Crippen molar-refractivity contribution < 1.29 is 0 Å². The predicted octanol–water partition coefficient (Wildman–Crippen LogP) is 2.83. The second-order valence-electron chi connectivity index (χ2n) is 6.32. The van der Waals surface area contributed by atoms with E-state index in [1.165, 1.54) is 5.56 Å². The minimum Gasteiger partial charge on any atom is -0.353 e. The van der Waals surface area contributed by atoms with Gasteiger partial charge in [0.1, 0.15) is 5.82 Å². The lowest BCUT2D eigenvalue weighted by Gasteiger charge is -2.35. The molecule has 0 unspecified atom stereocenters. The number of hydrogen-bond donors (Lipinski definition) is 1. The minimum absolute atomic E-state index is 0.341. The molecule has 1 aliphatic rings. The zero-order valence-corrected chi connectivity index (χ0v) is 14.0. The Morgan fingerprint density at radius 3 is 2.92 bits per heavy atom. The van der Waals surface area contributed by atoms with Gasteiger partial charge in [-0.05, 0) is 12.0 Å². The highest BCUT2D eigenvalue weighted by atomic mass is 15.4. The fraction of sp³-hybridized carbons (Fsp3) is 0.368. The Morgan fingerprint density at radius 1 is 1.21 bits per heavy atom. The van der Waals surface area contributed by atoms with Crippen molar-refractivity contribution in [3.63, 3.8) is 0 Å². The van der Waals surface area contributed by atoms with Gasteiger partial charge in [0.2, 0.25) is 0 Å². The van der Waals surface area contributed by atoms with Crippen molar-refractivity contribution in [2.24, 2.45) is 0 Å². The lowest BCUT2D eigenvalue weighted by molar-refractivity contribution is 0.467. The standard InChI is InChI=1S/C19H23N5/c1-2-6-16-13-19(24-18(22-16)9-10-21-24)23-12-11-20-17(14-23)15-7-4-3-5-8-15/h3-5,7-10,13,17,20H,2,6,11-12,14H2,1H3/t17-/m1/s1. The van der Waals surface area contributed by atoms with Crippen LogP contribution in [0.2, 0.25) is 0 Å². The molecule has 0 bridgehead atoms. The van der Waals surface area contributed by atoms with Crippen molar-refractivity contribution in [2.45, 2.75) is 25.8 Å². The first kappa shape index (κ1) is 15.1. The molecule has 24 heavy (non-hydrogen) atoms. The molecule has 1 fully saturated rings. The molecule has 0 spiro atoms. The summed E-state index contributed by atoms with van der Waals surface area (Å²) in [5, 5.41) is 8.11. The Morgan fingerprint density at radius 2 is 2.08 bits per heavy atom. The minimum atomic E-state index is 0.341. The maximum Gasteiger partial charge on any atom is 0.157 e. The number of benzene rings is 1. The molecule has 5 nitrogen and oxygen atoms in total. The van der Waals surface area contributed by atoms with Gasteiger partial charge in [-0.1, -0.05) is 43.7 Å². The molecule has 1 saturated heterocycles. The molecule has 1 aromatic carbocycles. The number of anilines is 1. The Kier molecular flexibility index (Phi) is 4.17. The molecule has 0 amide bonds. The van der Waals surface area contributed by atoms with E-state index in [9.17, 15) is 0 Å². The van der Waals surface area contributed by atoms with Crippen LogP contribution in [0.1, 0.15) is 30.6 Å². The van der Waals surface area contributed by atoms with Crippen molar-refractivity contribution >= 4 is 11.5 Å². The Balaban J connectivity index is 1.67. The van der Waals surface area contributed by atoms with Crippen molar-refractivity contribution in [2.75, 3.05) is 24.5 Å². The molecule has 0 radical (unpaired) electrons. The topological polar surface area (TPSA) is 45.5 Å². The van der Waals surface area contributed by atoms with Gasteiger partial charge in [-0.25, -0.2) is 4.98 Å². The number of rotatable bonds is 4. The Hall–Kier alpha value is -2.40. The first-order chi connectivity index (χ1) is 11.8. The van der Waals surface area contributed by atoms with Crippen LogP contribution < -0.4 is 10.2 Å². The van der Waals surface area contributed by atoms with Gasteiger partial charge in [0, 0.05) is 43.5 Å². The first-order valence-electron chi connectivity index (χ1n) is 8.72. The molecule has 3 aromatic rings. The summed E-state index contributed by atoms with van der Waals surface area (Å²) < 4.78 is 1.96. The average molecular weight is 321 g/mol. The van der Waals surface area contributed by atoms with Gasteiger partial charge in [-0.2, -0.15) is 9.61 Å². The van der Waals surface area contributed by atoms with Gasteiger partial charge in [-0.15, -0.1) is 0 Å². The fourth-order valence-electron chi connectivity index (χ4n) is 3.42. The second kappa shape index (κ2) is 6.61.